The van der Waals surface area contributed by atoms with Gasteiger partial charge in [-0.05, 0) is 50.5 Å². The van der Waals surface area contributed by atoms with Gasteiger partial charge in [0.15, 0.2) is 0 Å². The molecule has 25 heavy (non-hydrogen) atoms. The Labute approximate surface area is 147 Å². The van der Waals surface area contributed by atoms with Gasteiger partial charge in [0.1, 0.15) is 17.5 Å². The van der Waals surface area contributed by atoms with Crippen LogP contribution in [0.5, 0.6) is 0 Å². The minimum atomic E-state index is -0.514. The van der Waals surface area contributed by atoms with Crippen molar-refractivity contribution in [3.8, 4) is 0 Å². The van der Waals surface area contributed by atoms with Gasteiger partial charge >= 0.3 is 5.97 Å². The Kier molecular flexibility index (Phi) is 2.85. The minimum Gasteiger partial charge on any atom is -0.472 e. The second kappa shape index (κ2) is 4.56. The topological polar surface area (TPSA) is 69.0 Å². The molecule has 134 valence electrons. The van der Waals surface area contributed by atoms with E-state index in [0.717, 1.165) is 24.8 Å². The monoisotopic (exact) mass is 344 g/mol. The lowest BCUT2D eigenvalue weighted by Crippen LogP contribution is -2.64. The molecule has 4 aliphatic rings. The minimum absolute atomic E-state index is 0.136. The molecular weight excluding hydrogens is 320 g/mol. The van der Waals surface area contributed by atoms with Crippen LogP contribution >= 0.6 is 0 Å². The molecule has 2 saturated heterocycles. The highest BCUT2D eigenvalue weighted by atomic mass is 16.6. The summed E-state index contributed by atoms with van der Waals surface area (Å²) in [4.78, 5) is 25.9. The average molecular weight is 344 g/mol. The number of Topliss-reactive ketones (excluding diaryl/α,β-unsaturated/α-hetero) is 1. The maximum atomic E-state index is 13.1. The predicted octanol–water partition coefficient (Wildman–Crippen LogP) is 3.44. The molecule has 7 unspecified atom stereocenters. The zero-order chi connectivity index (χ0) is 17.6. The molecule has 0 N–H and O–H groups in total. The number of esters is 1. The Morgan fingerprint density at radius 2 is 1.96 bits per heavy atom. The van der Waals surface area contributed by atoms with E-state index >= 15 is 0 Å². The number of carbonyl (C=O) groups excluding carboxylic acids is 2. The molecule has 0 radical (unpaired) electrons. The van der Waals surface area contributed by atoms with Crippen LogP contribution in [0.3, 0.4) is 0 Å². The number of ether oxygens (including phenoxy) is 2. The van der Waals surface area contributed by atoms with Crippen LogP contribution in [0.2, 0.25) is 0 Å². The highest BCUT2D eigenvalue weighted by Crippen LogP contribution is 2.70. The van der Waals surface area contributed by atoms with Crippen molar-refractivity contribution >= 4 is 11.8 Å². The van der Waals surface area contributed by atoms with Gasteiger partial charge in [0, 0.05) is 12.0 Å². The van der Waals surface area contributed by atoms with E-state index in [1.54, 1.807) is 12.5 Å². The van der Waals surface area contributed by atoms with E-state index in [-0.39, 0.29) is 53.2 Å². The van der Waals surface area contributed by atoms with Crippen LogP contribution in [0.1, 0.15) is 58.1 Å². The first kappa shape index (κ1) is 15.6. The molecule has 0 bridgehead atoms. The lowest BCUT2D eigenvalue weighted by atomic mass is 9.43. The van der Waals surface area contributed by atoms with E-state index < -0.39 is 5.41 Å². The number of ketones is 1. The van der Waals surface area contributed by atoms with Crippen LogP contribution in [0, 0.1) is 22.7 Å². The molecule has 2 aliphatic heterocycles. The quantitative estimate of drug-likeness (QED) is 0.577. The lowest BCUT2D eigenvalue weighted by molar-refractivity contribution is -0.199. The normalized spacial score (nSPS) is 51.2. The fourth-order valence-corrected chi connectivity index (χ4v) is 6.28. The number of cyclic esters (lactones) is 1. The van der Waals surface area contributed by atoms with Crippen molar-refractivity contribution in [3.05, 3.63) is 24.2 Å². The second-order valence-corrected chi connectivity index (χ2v) is 8.92. The summed E-state index contributed by atoms with van der Waals surface area (Å²) >= 11 is 0. The fourth-order valence-electron chi connectivity index (χ4n) is 6.28. The predicted molar refractivity (Wildman–Crippen MR) is 87.5 cm³/mol. The summed E-state index contributed by atoms with van der Waals surface area (Å²) in [6.07, 6.45) is 6.06. The molecule has 5 rings (SSSR count). The summed E-state index contributed by atoms with van der Waals surface area (Å²) in [7, 11) is 0. The second-order valence-electron chi connectivity index (χ2n) is 8.92. The van der Waals surface area contributed by atoms with Crippen LogP contribution in [0.15, 0.2) is 23.0 Å². The zero-order valence-corrected chi connectivity index (χ0v) is 14.9. The molecule has 0 spiro atoms. The first-order chi connectivity index (χ1) is 11.8. The third-order valence-corrected chi connectivity index (χ3v) is 8.03. The number of fused-ring (bicyclic) bond motifs is 5. The molecular formula is C20H24O5. The van der Waals surface area contributed by atoms with E-state index in [9.17, 15) is 9.59 Å². The summed E-state index contributed by atoms with van der Waals surface area (Å²) in [6.45, 7) is 6.35. The molecule has 7 atom stereocenters. The smallest absolute Gasteiger partial charge is 0.310 e. The van der Waals surface area contributed by atoms with E-state index in [1.165, 1.54) is 0 Å². The van der Waals surface area contributed by atoms with Gasteiger partial charge in [-0.3, -0.25) is 9.59 Å². The SMILES string of the molecule is CC12CC(c3ccoc3)OC(=O)C1CC(=O)C1(C)C2CCC2OC21C. The standard InChI is InChI=1S/C20H24O5/c1-18-9-13(11-6-7-23-10-11)24-17(22)12(18)8-15(21)19(2)14(18)4-5-16-20(19,3)25-16/h6-7,10,12-14,16H,4-5,8-9H2,1-3H3. The number of hydrogen-bond donors (Lipinski definition) is 0. The van der Waals surface area contributed by atoms with Crippen LogP contribution in [-0.4, -0.2) is 23.5 Å². The van der Waals surface area contributed by atoms with Gasteiger partial charge in [0.2, 0.25) is 0 Å². The van der Waals surface area contributed by atoms with Crippen molar-refractivity contribution in [2.24, 2.45) is 22.7 Å². The first-order valence-corrected chi connectivity index (χ1v) is 9.24. The van der Waals surface area contributed by atoms with Gasteiger partial charge in [-0.1, -0.05) is 6.92 Å². The van der Waals surface area contributed by atoms with E-state index in [4.69, 9.17) is 13.9 Å². The number of furan rings is 1. The van der Waals surface area contributed by atoms with Crippen molar-refractivity contribution in [1.29, 1.82) is 0 Å². The summed E-state index contributed by atoms with van der Waals surface area (Å²) in [5.74, 6) is -0.278. The number of rotatable bonds is 1. The van der Waals surface area contributed by atoms with E-state index in [2.05, 4.69) is 20.8 Å². The number of epoxide rings is 1. The summed E-state index contributed by atoms with van der Waals surface area (Å²) < 4.78 is 16.9. The van der Waals surface area contributed by atoms with E-state index in [0.29, 0.717) is 0 Å². The maximum Gasteiger partial charge on any atom is 0.310 e. The van der Waals surface area contributed by atoms with Gasteiger partial charge in [0.05, 0.1) is 30.0 Å². The van der Waals surface area contributed by atoms with Gasteiger partial charge in [-0.15, -0.1) is 0 Å². The Bertz CT molecular complexity index is 754. The highest BCUT2D eigenvalue weighted by molar-refractivity contribution is 5.93. The first-order valence-electron chi connectivity index (χ1n) is 9.24. The van der Waals surface area contributed by atoms with E-state index in [1.807, 2.05) is 6.07 Å². The highest BCUT2D eigenvalue weighted by Gasteiger charge is 2.76. The molecule has 4 fully saturated rings. The van der Waals surface area contributed by atoms with Crippen molar-refractivity contribution in [1.82, 2.24) is 0 Å². The molecule has 5 heteroatoms. The third kappa shape index (κ3) is 1.73. The van der Waals surface area contributed by atoms with Crippen molar-refractivity contribution in [2.75, 3.05) is 0 Å². The summed E-state index contributed by atoms with van der Waals surface area (Å²) in [5.41, 5.74) is -0.248. The zero-order valence-electron chi connectivity index (χ0n) is 14.9. The van der Waals surface area contributed by atoms with Crippen LogP contribution < -0.4 is 0 Å². The fraction of sp³-hybridized carbons (Fsp3) is 0.700. The van der Waals surface area contributed by atoms with Gasteiger partial charge in [0.25, 0.3) is 0 Å². The Hall–Kier alpha value is -1.62. The van der Waals surface area contributed by atoms with Crippen LogP contribution in [0.25, 0.3) is 0 Å². The lowest BCUT2D eigenvalue weighted by Gasteiger charge is -2.59. The molecule has 3 heterocycles. The number of carbonyl (C=O) groups is 2. The molecule has 2 saturated carbocycles. The van der Waals surface area contributed by atoms with Gasteiger partial charge in [-0.2, -0.15) is 0 Å². The van der Waals surface area contributed by atoms with Crippen molar-refractivity contribution in [3.63, 3.8) is 0 Å². The Morgan fingerprint density at radius 3 is 2.68 bits per heavy atom. The Morgan fingerprint density at radius 1 is 1.16 bits per heavy atom. The molecule has 1 aromatic rings. The van der Waals surface area contributed by atoms with Crippen LogP contribution in [-0.2, 0) is 19.1 Å². The molecule has 5 nitrogen and oxygen atoms in total. The molecule has 0 aromatic carbocycles. The van der Waals surface area contributed by atoms with Gasteiger partial charge < -0.3 is 13.9 Å². The summed E-state index contributed by atoms with van der Waals surface area (Å²) in [6, 6.07) is 1.86. The van der Waals surface area contributed by atoms with Gasteiger partial charge in [-0.25, -0.2) is 0 Å². The molecule has 0 amide bonds. The third-order valence-electron chi connectivity index (χ3n) is 8.03. The molecule has 1 aromatic heterocycles. The van der Waals surface area contributed by atoms with Crippen molar-refractivity contribution in [2.45, 2.75) is 64.3 Å². The van der Waals surface area contributed by atoms with Crippen LogP contribution in [0.4, 0.5) is 0 Å². The largest absolute Gasteiger partial charge is 0.472 e. The molecule has 2 aliphatic carbocycles. The Balaban J connectivity index is 1.58. The number of hydrogen-bond acceptors (Lipinski definition) is 5. The average Bonchev–Trinajstić information content (AvgIpc) is 3.00. The summed E-state index contributed by atoms with van der Waals surface area (Å²) in [5, 5.41) is 0. The maximum absolute atomic E-state index is 13.1. The van der Waals surface area contributed by atoms with Crippen molar-refractivity contribution < 1.29 is 23.5 Å².